The van der Waals surface area contributed by atoms with Gasteiger partial charge < -0.3 is 18.9 Å². The number of carbonyl (C=O) groups excluding carboxylic acids is 2. The van der Waals surface area contributed by atoms with Crippen LogP contribution in [0.4, 0.5) is 0 Å². The predicted octanol–water partition coefficient (Wildman–Crippen LogP) is 3.81. The Balaban J connectivity index is 2.03. The van der Waals surface area contributed by atoms with Crippen molar-refractivity contribution in [3.05, 3.63) is 58.6 Å². The summed E-state index contributed by atoms with van der Waals surface area (Å²) < 4.78 is 20.7. The zero-order chi connectivity index (χ0) is 19.8. The quantitative estimate of drug-likeness (QED) is 0.388. The SMILES string of the molecule is COc1cc(OC)c(OC)cc1/C=C/C(=O)OCC(=O)c1ccc(Cl)cc1. The average molecular weight is 391 g/mol. The van der Waals surface area contributed by atoms with Crippen LogP contribution in [0.2, 0.25) is 5.02 Å². The van der Waals surface area contributed by atoms with Gasteiger partial charge in [-0.1, -0.05) is 11.6 Å². The fourth-order valence-corrected chi connectivity index (χ4v) is 2.37. The highest BCUT2D eigenvalue weighted by atomic mass is 35.5. The van der Waals surface area contributed by atoms with Gasteiger partial charge in [0.1, 0.15) is 5.75 Å². The molecule has 0 amide bonds. The predicted molar refractivity (Wildman–Crippen MR) is 102 cm³/mol. The highest BCUT2D eigenvalue weighted by Crippen LogP contribution is 2.35. The van der Waals surface area contributed by atoms with E-state index in [0.29, 0.717) is 33.4 Å². The van der Waals surface area contributed by atoms with Crippen molar-refractivity contribution < 1.29 is 28.5 Å². The van der Waals surface area contributed by atoms with E-state index in [2.05, 4.69) is 0 Å². The highest BCUT2D eigenvalue weighted by molar-refractivity contribution is 6.30. The Morgan fingerprint density at radius 2 is 1.52 bits per heavy atom. The molecule has 0 N–H and O–H groups in total. The van der Waals surface area contributed by atoms with Crippen molar-refractivity contribution in [2.45, 2.75) is 0 Å². The lowest BCUT2D eigenvalue weighted by molar-refractivity contribution is -0.136. The molecule has 0 saturated heterocycles. The summed E-state index contributed by atoms with van der Waals surface area (Å²) >= 11 is 5.78. The summed E-state index contributed by atoms with van der Waals surface area (Å²) in [5, 5.41) is 0.523. The minimum Gasteiger partial charge on any atom is -0.496 e. The Morgan fingerprint density at radius 3 is 2.11 bits per heavy atom. The van der Waals surface area contributed by atoms with Crippen LogP contribution in [0.15, 0.2) is 42.5 Å². The van der Waals surface area contributed by atoms with E-state index in [9.17, 15) is 9.59 Å². The smallest absolute Gasteiger partial charge is 0.331 e. The van der Waals surface area contributed by atoms with Crippen molar-refractivity contribution in [1.82, 2.24) is 0 Å². The first-order chi connectivity index (χ1) is 13.0. The molecule has 0 unspecified atom stereocenters. The van der Waals surface area contributed by atoms with Gasteiger partial charge in [-0.2, -0.15) is 0 Å². The van der Waals surface area contributed by atoms with Gasteiger partial charge in [0.15, 0.2) is 23.9 Å². The zero-order valence-corrected chi connectivity index (χ0v) is 15.9. The monoisotopic (exact) mass is 390 g/mol. The van der Waals surface area contributed by atoms with Crippen LogP contribution < -0.4 is 14.2 Å². The van der Waals surface area contributed by atoms with Crippen molar-refractivity contribution in [1.29, 1.82) is 0 Å². The summed E-state index contributed by atoms with van der Waals surface area (Å²) in [7, 11) is 4.53. The third-order valence-corrected chi connectivity index (χ3v) is 3.90. The lowest BCUT2D eigenvalue weighted by Gasteiger charge is -2.12. The number of methoxy groups -OCH3 is 3. The lowest BCUT2D eigenvalue weighted by Crippen LogP contribution is -2.12. The van der Waals surface area contributed by atoms with E-state index in [1.807, 2.05) is 0 Å². The summed E-state index contributed by atoms with van der Waals surface area (Å²) in [4.78, 5) is 23.9. The maximum atomic E-state index is 12.0. The van der Waals surface area contributed by atoms with Crippen molar-refractivity contribution in [3.8, 4) is 17.2 Å². The second-order valence-corrected chi connectivity index (χ2v) is 5.76. The summed E-state index contributed by atoms with van der Waals surface area (Å²) in [6, 6.07) is 9.65. The largest absolute Gasteiger partial charge is 0.496 e. The second kappa shape index (κ2) is 9.64. The molecule has 0 aliphatic heterocycles. The number of rotatable bonds is 8. The number of carbonyl (C=O) groups is 2. The Labute approximate surface area is 162 Å². The second-order valence-electron chi connectivity index (χ2n) is 5.32. The van der Waals surface area contributed by atoms with Crippen LogP contribution in [0.1, 0.15) is 15.9 Å². The Hall–Kier alpha value is -2.99. The molecular formula is C20H19ClO6. The topological polar surface area (TPSA) is 71.1 Å². The molecule has 142 valence electrons. The van der Waals surface area contributed by atoms with Crippen molar-refractivity contribution in [3.63, 3.8) is 0 Å². The number of Topliss-reactive ketones (excluding diaryl/α,β-unsaturated/α-hetero) is 1. The number of hydrogen-bond donors (Lipinski definition) is 0. The summed E-state index contributed by atoms with van der Waals surface area (Å²) in [6.45, 7) is -0.367. The zero-order valence-electron chi connectivity index (χ0n) is 15.2. The van der Waals surface area contributed by atoms with E-state index in [1.54, 1.807) is 36.4 Å². The molecule has 0 fully saturated rings. The molecular weight excluding hydrogens is 372 g/mol. The van der Waals surface area contributed by atoms with Crippen molar-refractivity contribution >= 4 is 29.4 Å². The number of hydrogen-bond acceptors (Lipinski definition) is 6. The summed E-state index contributed by atoms with van der Waals surface area (Å²) in [6.07, 6.45) is 2.72. The standard InChI is InChI=1S/C20H19ClO6/c1-24-17-11-19(26-3)18(25-2)10-14(17)6-9-20(23)27-12-16(22)13-4-7-15(21)8-5-13/h4-11H,12H2,1-3H3/b9-6+. The van der Waals surface area contributed by atoms with Gasteiger partial charge in [-0.05, 0) is 36.4 Å². The van der Waals surface area contributed by atoms with Crippen molar-refractivity contribution in [2.24, 2.45) is 0 Å². The molecule has 0 aliphatic carbocycles. The fourth-order valence-electron chi connectivity index (χ4n) is 2.24. The molecule has 0 atom stereocenters. The van der Waals surface area contributed by atoms with Crippen LogP contribution >= 0.6 is 11.6 Å². The Kier molecular flexibility index (Phi) is 7.25. The number of halogens is 1. The molecule has 2 rings (SSSR count). The molecule has 0 saturated carbocycles. The maximum absolute atomic E-state index is 12.0. The van der Waals surface area contributed by atoms with Crippen LogP contribution in [-0.4, -0.2) is 39.7 Å². The fraction of sp³-hybridized carbons (Fsp3) is 0.200. The molecule has 7 heteroatoms. The number of benzene rings is 2. The first kappa shape index (κ1) is 20.3. The van der Waals surface area contributed by atoms with E-state index in [1.165, 1.54) is 33.5 Å². The van der Waals surface area contributed by atoms with E-state index in [0.717, 1.165) is 0 Å². The molecule has 27 heavy (non-hydrogen) atoms. The molecule has 0 aliphatic rings. The van der Waals surface area contributed by atoms with Gasteiger partial charge >= 0.3 is 5.97 Å². The van der Waals surface area contributed by atoms with Crippen LogP contribution in [0.5, 0.6) is 17.2 Å². The lowest BCUT2D eigenvalue weighted by atomic mass is 10.1. The summed E-state index contributed by atoms with van der Waals surface area (Å²) in [5.74, 6) is 0.507. The van der Waals surface area contributed by atoms with E-state index < -0.39 is 5.97 Å². The normalized spacial score (nSPS) is 10.5. The highest BCUT2D eigenvalue weighted by Gasteiger charge is 2.11. The third-order valence-electron chi connectivity index (χ3n) is 3.65. The molecule has 0 heterocycles. The van der Waals surface area contributed by atoms with Crippen LogP contribution in [0, 0.1) is 0 Å². The number of ketones is 1. The average Bonchev–Trinajstić information content (AvgIpc) is 2.70. The Bertz CT molecular complexity index is 842. The Morgan fingerprint density at radius 1 is 0.926 bits per heavy atom. The van der Waals surface area contributed by atoms with Gasteiger partial charge in [-0.15, -0.1) is 0 Å². The van der Waals surface area contributed by atoms with E-state index in [-0.39, 0.29) is 12.4 Å². The maximum Gasteiger partial charge on any atom is 0.331 e. The molecule has 0 bridgehead atoms. The molecule has 2 aromatic rings. The minimum absolute atomic E-state index is 0.322. The van der Waals surface area contributed by atoms with Crippen molar-refractivity contribution in [2.75, 3.05) is 27.9 Å². The molecule has 0 spiro atoms. The van der Waals surface area contributed by atoms with Gasteiger partial charge in [0, 0.05) is 28.3 Å². The van der Waals surface area contributed by atoms with E-state index in [4.69, 9.17) is 30.5 Å². The van der Waals surface area contributed by atoms with Gasteiger partial charge in [-0.25, -0.2) is 4.79 Å². The molecule has 0 radical (unpaired) electrons. The minimum atomic E-state index is -0.658. The van der Waals surface area contributed by atoms with Crippen LogP contribution in [0.25, 0.3) is 6.08 Å². The molecule has 2 aromatic carbocycles. The van der Waals surface area contributed by atoms with Gasteiger partial charge in [0.05, 0.1) is 21.3 Å². The first-order valence-corrected chi connectivity index (χ1v) is 8.30. The summed E-state index contributed by atoms with van der Waals surface area (Å²) in [5.41, 5.74) is 1.01. The number of ether oxygens (including phenoxy) is 4. The van der Waals surface area contributed by atoms with E-state index >= 15 is 0 Å². The van der Waals surface area contributed by atoms with Crippen LogP contribution in [0.3, 0.4) is 0 Å². The third kappa shape index (κ3) is 5.49. The molecule has 0 aromatic heterocycles. The van der Waals surface area contributed by atoms with Gasteiger partial charge in [0.25, 0.3) is 0 Å². The molecule has 6 nitrogen and oxygen atoms in total. The first-order valence-electron chi connectivity index (χ1n) is 7.92. The van der Waals surface area contributed by atoms with Crippen LogP contribution in [-0.2, 0) is 9.53 Å². The van der Waals surface area contributed by atoms with Gasteiger partial charge in [0.2, 0.25) is 0 Å². The number of esters is 1. The van der Waals surface area contributed by atoms with Gasteiger partial charge in [-0.3, -0.25) is 4.79 Å².